The summed E-state index contributed by atoms with van der Waals surface area (Å²) >= 11 is 3.39. The minimum absolute atomic E-state index is 0.720. The van der Waals surface area contributed by atoms with E-state index in [0.29, 0.717) is 0 Å². The van der Waals surface area contributed by atoms with Gasteiger partial charge in [-0.2, -0.15) is 0 Å². The molecule has 0 spiro atoms. The zero-order valence-corrected chi connectivity index (χ0v) is 12.8. The molecule has 0 aliphatic rings. The predicted octanol–water partition coefficient (Wildman–Crippen LogP) is 3.86. The van der Waals surface area contributed by atoms with Crippen molar-refractivity contribution in [3.05, 3.63) is 28.5 Å². The minimum Gasteiger partial charge on any atom is -0.311 e. The Labute approximate surface area is 113 Å². The molecule has 1 heterocycles. The third-order valence-corrected chi connectivity index (χ3v) is 3.61. The van der Waals surface area contributed by atoms with Gasteiger partial charge in [0.2, 0.25) is 0 Å². The maximum Gasteiger partial charge on any atom is 0.106 e. The van der Waals surface area contributed by atoms with Crippen molar-refractivity contribution in [2.45, 2.75) is 34.2 Å². The van der Waals surface area contributed by atoms with Gasteiger partial charge >= 0.3 is 0 Å². The van der Waals surface area contributed by atoms with Gasteiger partial charge in [0.25, 0.3) is 0 Å². The van der Waals surface area contributed by atoms with Crippen LogP contribution in [0.4, 0.5) is 0 Å². The molecule has 0 atom stereocenters. The van der Waals surface area contributed by atoms with E-state index >= 15 is 0 Å². The first-order valence-electron chi connectivity index (χ1n) is 6.33. The van der Waals surface area contributed by atoms with E-state index in [-0.39, 0.29) is 0 Å². The third-order valence-electron chi connectivity index (χ3n) is 3.17. The second kappa shape index (κ2) is 7.12. The van der Waals surface area contributed by atoms with Crippen LogP contribution in [0.15, 0.2) is 22.8 Å². The van der Waals surface area contributed by atoms with E-state index < -0.39 is 0 Å². The third kappa shape index (κ3) is 5.17. The van der Waals surface area contributed by atoms with Crippen molar-refractivity contribution in [2.24, 2.45) is 17.8 Å². The van der Waals surface area contributed by atoms with Crippen molar-refractivity contribution in [2.75, 3.05) is 6.54 Å². The zero-order chi connectivity index (χ0) is 12.8. The van der Waals surface area contributed by atoms with Crippen LogP contribution in [0.1, 0.15) is 33.4 Å². The van der Waals surface area contributed by atoms with Gasteiger partial charge in [-0.05, 0) is 52.4 Å². The second-order valence-electron chi connectivity index (χ2n) is 5.23. The summed E-state index contributed by atoms with van der Waals surface area (Å²) in [5, 5.41) is 3.51. The first-order chi connectivity index (χ1) is 8.00. The molecule has 3 heteroatoms. The van der Waals surface area contributed by atoms with E-state index in [1.807, 2.05) is 12.1 Å². The lowest BCUT2D eigenvalue weighted by Crippen LogP contribution is -2.29. The molecule has 0 bridgehead atoms. The van der Waals surface area contributed by atoms with E-state index in [4.69, 9.17) is 0 Å². The van der Waals surface area contributed by atoms with Crippen LogP contribution in [0.5, 0.6) is 0 Å². The van der Waals surface area contributed by atoms with Crippen molar-refractivity contribution in [3.63, 3.8) is 0 Å². The fourth-order valence-electron chi connectivity index (χ4n) is 2.16. The first-order valence-corrected chi connectivity index (χ1v) is 7.12. The van der Waals surface area contributed by atoms with Gasteiger partial charge in [-0.15, -0.1) is 0 Å². The molecule has 0 aromatic carbocycles. The topological polar surface area (TPSA) is 24.9 Å². The number of hydrogen-bond acceptors (Lipinski definition) is 2. The van der Waals surface area contributed by atoms with E-state index in [9.17, 15) is 0 Å². The van der Waals surface area contributed by atoms with Gasteiger partial charge in [0.1, 0.15) is 4.60 Å². The SMILES string of the molecule is CC(C)C(CNCc1cccc(Br)n1)C(C)C. The Bertz CT molecular complexity index is 329. The van der Waals surface area contributed by atoms with Crippen LogP contribution in [-0.2, 0) is 6.54 Å². The highest BCUT2D eigenvalue weighted by atomic mass is 79.9. The van der Waals surface area contributed by atoms with Gasteiger partial charge in [-0.1, -0.05) is 33.8 Å². The van der Waals surface area contributed by atoms with E-state index in [1.54, 1.807) is 0 Å². The number of rotatable bonds is 6. The molecule has 1 aromatic rings. The summed E-state index contributed by atoms with van der Waals surface area (Å²) < 4.78 is 0.904. The molecule has 0 aliphatic carbocycles. The molecule has 96 valence electrons. The second-order valence-corrected chi connectivity index (χ2v) is 6.05. The Balaban J connectivity index is 2.41. The molecule has 0 unspecified atom stereocenters. The maximum atomic E-state index is 4.41. The largest absolute Gasteiger partial charge is 0.311 e. The van der Waals surface area contributed by atoms with Gasteiger partial charge in [0.05, 0.1) is 5.69 Å². The Kier molecular flexibility index (Phi) is 6.14. The summed E-state index contributed by atoms with van der Waals surface area (Å²) in [4.78, 5) is 4.41. The number of nitrogens with zero attached hydrogens (tertiary/aromatic N) is 1. The summed E-state index contributed by atoms with van der Waals surface area (Å²) in [7, 11) is 0. The van der Waals surface area contributed by atoms with Crippen LogP contribution in [0.25, 0.3) is 0 Å². The molecule has 1 aromatic heterocycles. The van der Waals surface area contributed by atoms with E-state index in [1.165, 1.54) is 0 Å². The van der Waals surface area contributed by atoms with Crippen molar-refractivity contribution in [1.29, 1.82) is 0 Å². The lowest BCUT2D eigenvalue weighted by atomic mass is 9.85. The molecule has 2 nitrogen and oxygen atoms in total. The average Bonchev–Trinajstić information content (AvgIpc) is 2.23. The molecule has 0 fully saturated rings. The van der Waals surface area contributed by atoms with Gasteiger partial charge in [-0.25, -0.2) is 4.98 Å². The fraction of sp³-hybridized carbons (Fsp3) is 0.643. The molecule has 0 amide bonds. The monoisotopic (exact) mass is 298 g/mol. The Morgan fingerprint density at radius 3 is 2.35 bits per heavy atom. The number of nitrogens with one attached hydrogen (secondary N) is 1. The molecule has 1 N–H and O–H groups in total. The Morgan fingerprint density at radius 1 is 1.18 bits per heavy atom. The van der Waals surface area contributed by atoms with Crippen molar-refractivity contribution < 1.29 is 0 Å². The highest BCUT2D eigenvalue weighted by Crippen LogP contribution is 2.19. The highest BCUT2D eigenvalue weighted by Gasteiger charge is 2.16. The highest BCUT2D eigenvalue weighted by molar-refractivity contribution is 9.10. The normalized spacial score (nSPS) is 11.8. The van der Waals surface area contributed by atoms with Crippen LogP contribution in [0, 0.1) is 17.8 Å². The summed E-state index contributed by atoms with van der Waals surface area (Å²) in [5.74, 6) is 2.16. The van der Waals surface area contributed by atoms with Crippen LogP contribution < -0.4 is 5.32 Å². The summed E-state index contributed by atoms with van der Waals surface area (Å²) in [6.45, 7) is 11.1. The van der Waals surface area contributed by atoms with Gasteiger partial charge < -0.3 is 5.32 Å². The zero-order valence-electron chi connectivity index (χ0n) is 11.2. The maximum absolute atomic E-state index is 4.41. The van der Waals surface area contributed by atoms with E-state index in [2.05, 4.69) is 60.0 Å². The number of pyridine rings is 1. The van der Waals surface area contributed by atoms with Gasteiger partial charge in [0.15, 0.2) is 0 Å². The molecule has 0 aliphatic heterocycles. The summed E-state index contributed by atoms with van der Waals surface area (Å²) in [6, 6.07) is 6.03. The molecular weight excluding hydrogens is 276 g/mol. The minimum atomic E-state index is 0.720. The molecule has 1 rings (SSSR count). The Hall–Kier alpha value is -0.410. The lowest BCUT2D eigenvalue weighted by molar-refractivity contribution is 0.275. The predicted molar refractivity (Wildman–Crippen MR) is 76.8 cm³/mol. The number of hydrogen-bond donors (Lipinski definition) is 1. The molecular formula is C14H23BrN2. The Morgan fingerprint density at radius 2 is 1.82 bits per heavy atom. The van der Waals surface area contributed by atoms with Crippen LogP contribution >= 0.6 is 15.9 Å². The van der Waals surface area contributed by atoms with Crippen LogP contribution in [0.3, 0.4) is 0 Å². The molecule has 17 heavy (non-hydrogen) atoms. The fourth-order valence-corrected chi connectivity index (χ4v) is 2.54. The smallest absolute Gasteiger partial charge is 0.106 e. The summed E-state index contributed by atoms with van der Waals surface area (Å²) in [6.07, 6.45) is 0. The first kappa shape index (κ1) is 14.7. The average molecular weight is 299 g/mol. The quantitative estimate of drug-likeness (QED) is 0.807. The van der Waals surface area contributed by atoms with Gasteiger partial charge in [-0.3, -0.25) is 0 Å². The van der Waals surface area contributed by atoms with Crippen molar-refractivity contribution in [1.82, 2.24) is 10.3 Å². The van der Waals surface area contributed by atoms with Gasteiger partial charge in [0, 0.05) is 6.54 Å². The van der Waals surface area contributed by atoms with Crippen LogP contribution in [0.2, 0.25) is 0 Å². The molecule has 0 saturated carbocycles. The standard InChI is InChI=1S/C14H23BrN2/c1-10(2)13(11(3)4)9-16-8-12-6-5-7-14(15)17-12/h5-7,10-11,13,16H,8-9H2,1-4H3. The van der Waals surface area contributed by atoms with E-state index in [0.717, 1.165) is 41.1 Å². The van der Waals surface area contributed by atoms with Crippen LogP contribution in [-0.4, -0.2) is 11.5 Å². The molecule has 0 saturated heterocycles. The van der Waals surface area contributed by atoms with Crippen molar-refractivity contribution in [3.8, 4) is 0 Å². The van der Waals surface area contributed by atoms with Crippen molar-refractivity contribution >= 4 is 15.9 Å². The lowest BCUT2D eigenvalue weighted by Gasteiger charge is -2.25. The number of halogens is 1. The number of aromatic nitrogens is 1. The molecule has 0 radical (unpaired) electrons. The summed E-state index contributed by atoms with van der Waals surface area (Å²) in [5.41, 5.74) is 1.09.